The van der Waals surface area contributed by atoms with Gasteiger partial charge in [-0.1, -0.05) is 31.6 Å². The Morgan fingerprint density at radius 3 is 2.41 bits per heavy atom. The van der Waals surface area contributed by atoms with Gasteiger partial charge in [0, 0.05) is 0 Å². The molecular formula is C23H32F2O2. The molecule has 0 amide bonds. The van der Waals surface area contributed by atoms with Crippen molar-refractivity contribution in [3.63, 3.8) is 0 Å². The Labute approximate surface area is 161 Å². The third-order valence-electron chi connectivity index (χ3n) is 6.44. The van der Waals surface area contributed by atoms with Crippen molar-refractivity contribution in [2.45, 2.75) is 76.7 Å². The van der Waals surface area contributed by atoms with Crippen molar-refractivity contribution >= 4 is 0 Å². The van der Waals surface area contributed by atoms with Crippen LogP contribution in [0.5, 0.6) is 5.75 Å². The van der Waals surface area contributed by atoms with E-state index in [-0.39, 0.29) is 11.7 Å². The Bertz CT molecular complexity index is 665. The predicted octanol–water partition coefficient (Wildman–Crippen LogP) is 6.13. The Morgan fingerprint density at radius 1 is 1.07 bits per heavy atom. The highest BCUT2D eigenvalue weighted by molar-refractivity contribution is 5.33. The summed E-state index contributed by atoms with van der Waals surface area (Å²) in [5.41, 5.74) is -0.128. The van der Waals surface area contributed by atoms with Crippen molar-refractivity contribution in [2.24, 2.45) is 11.8 Å². The highest BCUT2D eigenvalue weighted by Gasteiger charge is 2.34. The number of hydrogen-bond acceptors (Lipinski definition) is 2. The maximum atomic E-state index is 14.5. The van der Waals surface area contributed by atoms with Crippen molar-refractivity contribution < 1.29 is 18.6 Å². The van der Waals surface area contributed by atoms with Gasteiger partial charge in [-0.25, -0.2) is 4.39 Å². The molecule has 1 aromatic carbocycles. The lowest BCUT2D eigenvalue weighted by Crippen LogP contribution is -2.32. The van der Waals surface area contributed by atoms with Crippen LogP contribution < -0.4 is 4.74 Å². The summed E-state index contributed by atoms with van der Waals surface area (Å²) in [5.74, 6) is -0.437. The zero-order valence-corrected chi connectivity index (χ0v) is 16.5. The normalized spacial score (nSPS) is 31.1. The van der Waals surface area contributed by atoms with Crippen LogP contribution in [-0.4, -0.2) is 17.3 Å². The molecule has 1 fully saturated rings. The molecule has 0 bridgehead atoms. The van der Waals surface area contributed by atoms with Gasteiger partial charge in [0.2, 0.25) is 5.82 Å². The molecule has 3 rings (SSSR count). The van der Waals surface area contributed by atoms with Crippen LogP contribution in [0.1, 0.15) is 76.7 Å². The number of ether oxygens (including phenoxy) is 1. The summed E-state index contributed by atoms with van der Waals surface area (Å²) in [5, 5.41) is 10.5. The van der Waals surface area contributed by atoms with Crippen LogP contribution in [0, 0.1) is 23.5 Å². The van der Waals surface area contributed by atoms with Crippen LogP contribution in [0.4, 0.5) is 8.78 Å². The molecule has 1 saturated carbocycles. The van der Waals surface area contributed by atoms with Gasteiger partial charge in [-0.15, -0.1) is 0 Å². The molecule has 0 radical (unpaired) electrons. The standard InChI is InChI=1S/C23H32F2O2/c1-3-13-23(26)14-11-17(12-15-23)16-5-7-18(8-6-16)19-9-10-20(27-4-2)22(25)21(19)24/h9-11,14,16-18,26H,3-8,12-13,15H2,1-2H3/t16-,17?,18-,23?. The van der Waals surface area contributed by atoms with E-state index in [0.717, 1.165) is 51.4 Å². The first-order valence-electron chi connectivity index (χ1n) is 10.5. The van der Waals surface area contributed by atoms with E-state index in [0.29, 0.717) is 24.0 Å². The molecule has 0 saturated heterocycles. The Kier molecular flexibility index (Phi) is 6.56. The van der Waals surface area contributed by atoms with E-state index >= 15 is 0 Å². The quantitative estimate of drug-likeness (QED) is 0.603. The van der Waals surface area contributed by atoms with Crippen molar-refractivity contribution in [2.75, 3.05) is 6.61 Å². The third-order valence-corrected chi connectivity index (χ3v) is 6.44. The summed E-state index contributed by atoms with van der Waals surface area (Å²) in [6.07, 6.45) is 11.7. The fourth-order valence-electron chi connectivity index (χ4n) is 4.92. The first-order chi connectivity index (χ1) is 13.0. The molecule has 2 nitrogen and oxygen atoms in total. The molecule has 1 N–H and O–H groups in total. The Morgan fingerprint density at radius 2 is 1.81 bits per heavy atom. The minimum Gasteiger partial charge on any atom is -0.491 e. The minimum atomic E-state index is -0.859. The molecule has 0 aromatic heterocycles. The maximum Gasteiger partial charge on any atom is 0.200 e. The zero-order chi connectivity index (χ0) is 19.4. The van der Waals surface area contributed by atoms with Crippen LogP contribution >= 0.6 is 0 Å². The molecule has 1 aromatic rings. The summed E-state index contributed by atoms with van der Waals surface area (Å²) in [7, 11) is 0. The first kappa shape index (κ1) is 20.3. The summed E-state index contributed by atoms with van der Waals surface area (Å²) in [6, 6.07) is 3.25. The monoisotopic (exact) mass is 378 g/mol. The van der Waals surface area contributed by atoms with E-state index < -0.39 is 17.2 Å². The number of allylic oxidation sites excluding steroid dienone is 1. The molecule has 150 valence electrons. The predicted molar refractivity (Wildman–Crippen MR) is 104 cm³/mol. The number of benzene rings is 1. The average molecular weight is 379 g/mol. The van der Waals surface area contributed by atoms with E-state index in [1.165, 1.54) is 0 Å². The third kappa shape index (κ3) is 4.53. The lowest BCUT2D eigenvalue weighted by molar-refractivity contribution is 0.0525. The van der Waals surface area contributed by atoms with E-state index in [1.807, 2.05) is 6.08 Å². The average Bonchev–Trinajstić information content (AvgIpc) is 2.67. The highest BCUT2D eigenvalue weighted by Crippen LogP contribution is 2.44. The van der Waals surface area contributed by atoms with Gasteiger partial charge in [-0.05, 0) is 81.3 Å². The second kappa shape index (κ2) is 8.72. The molecule has 0 heterocycles. The molecule has 4 heteroatoms. The smallest absolute Gasteiger partial charge is 0.200 e. The van der Waals surface area contributed by atoms with Crippen molar-refractivity contribution in [3.05, 3.63) is 41.5 Å². The van der Waals surface area contributed by atoms with E-state index in [4.69, 9.17) is 4.74 Å². The van der Waals surface area contributed by atoms with Crippen LogP contribution in [0.2, 0.25) is 0 Å². The first-order valence-corrected chi connectivity index (χ1v) is 10.5. The van der Waals surface area contributed by atoms with Gasteiger partial charge < -0.3 is 9.84 Å². The van der Waals surface area contributed by atoms with Crippen molar-refractivity contribution in [1.29, 1.82) is 0 Å². The van der Waals surface area contributed by atoms with E-state index in [1.54, 1.807) is 19.1 Å². The molecule has 0 aliphatic heterocycles. The summed E-state index contributed by atoms with van der Waals surface area (Å²) >= 11 is 0. The van der Waals surface area contributed by atoms with Gasteiger partial charge in [0.25, 0.3) is 0 Å². The van der Waals surface area contributed by atoms with Gasteiger partial charge in [0.1, 0.15) is 0 Å². The van der Waals surface area contributed by atoms with Crippen LogP contribution in [0.3, 0.4) is 0 Å². The second-order valence-electron chi connectivity index (χ2n) is 8.24. The van der Waals surface area contributed by atoms with Gasteiger partial charge in [0.05, 0.1) is 12.2 Å². The SMILES string of the molecule is CCCC1(O)C=CC([C@H]2CC[C@H](c3ccc(OCC)c(F)c3F)CC2)CC1. The summed E-state index contributed by atoms with van der Waals surface area (Å²) in [4.78, 5) is 0. The molecule has 2 unspecified atom stereocenters. The molecule has 2 atom stereocenters. The van der Waals surface area contributed by atoms with Gasteiger partial charge in [-0.3, -0.25) is 0 Å². The van der Waals surface area contributed by atoms with Crippen LogP contribution in [-0.2, 0) is 0 Å². The molecular weight excluding hydrogens is 346 g/mol. The van der Waals surface area contributed by atoms with E-state index in [9.17, 15) is 13.9 Å². The fourth-order valence-corrected chi connectivity index (χ4v) is 4.92. The topological polar surface area (TPSA) is 29.5 Å². The lowest BCUT2D eigenvalue weighted by Gasteiger charge is -2.37. The number of hydrogen-bond donors (Lipinski definition) is 1. The molecule has 0 spiro atoms. The molecule has 2 aliphatic rings. The second-order valence-corrected chi connectivity index (χ2v) is 8.24. The molecule has 27 heavy (non-hydrogen) atoms. The Balaban J connectivity index is 1.61. The maximum absolute atomic E-state index is 14.5. The highest BCUT2D eigenvalue weighted by atomic mass is 19.2. The van der Waals surface area contributed by atoms with Crippen LogP contribution in [0.25, 0.3) is 0 Å². The van der Waals surface area contributed by atoms with Crippen molar-refractivity contribution in [3.8, 4) is 5.75 Å². The number of aliphatic hydroxyl groups is 1. The summed E-state index contributed by atoms with van der Waals surface area (Å²) < 4.78 is 33.8. The zero-order valence-electron chi connectivity index (χ0n) is 16.5. The number of rotatable bonds is 6. The minimum absolute atomic E-state index is 0.000607. The Hall–Kier alpha value is -1.42. The van der Waals surface area contributed by atoms with Gasteiger partial charge >= 0.3 is 0 Å². The largest absolute Gasteiger partial charge is 0.491 e. The van der Waals surface area contributed by atoms with Crippen LogP contribution in [0.15, 0.2) is 24.3 Å². The van der Waals surface area contributed by atoms with E-state index in [2.05, 4.69) is 13.0 Å². The number of halogens is 2. The fraction of sp³-hybridized carbons (Fsp3) is 0.652. The lowest BCUT2D eigenvalue weighted by atomic mass is 9.69. The van der Waals surface area contributed by atoms with Gasteiger partial charge in [-0.2, -0.15) is 4.39 Å². The summed E-state index contributed by atoms with van der Waals surface area (Å²) in [6.45, 7) is 4.18. The van der Waals surface area contributed by atoms with Crippen molar-refractivity contribution in [1.82, 2.24) is 0 Å². The van der Waals surface area contributed by atoms with Gasteiger partial charge in [0.15, 0.2) is 11.6 Å². The molecule has 2 aliphatic carbocycles.